The number of ether oxygens (including phenoxy) is 1. The Balaban J connectivity index is 1.22. The van der Waals surface area contributed by atoms with Crippen molar-refractivity contribution < 1.29 is 19.4 Å². The van der Waals surface area contributed by atoms with Crippen LogP contribution >= 0.6 is 0 Å². The van der Waals surface area contributed by atoms with Crippen LogP contribution in [0, 0.1) is 12.3 Å². The van der Waals surface area contributed by atoms with E-state index in [-0.39, 0.29) is 24.5 Å². The predicted octanol–water partition coefficient (Wildman–Crippen LogP) is -0.0622. The van der Waals surface area contributed by atoms with E-state index < -0.39 is 11.5 Å². The van der Waals surface area contributed by atoms with Crippen LogP contribution in [0.3, 0.4) is 0 Å². The summed E-state index contributed by atoms with van der Waals surface area (Å²) in [6.45, 7) is 5.80. The van der Waals surface area contributed by atoms with E-state index in [4.69, 9.17) is 4.74 Å². The minimum Gasteiger partial charge on any atom is -0.456 e. The number of rotatable bonds is 5. The molecule has 2 atom stereocenters. The highest BCUT2D eigenvalue weighted by molar-refractivity contribution is 5.91. The lowest BCUT2D eigenvalue weighted by atomic mass is 9.76. The van der Waals surface area contributed by atoms with Crippen LogP contribution in [-0.4, -0.2) is 89.2 Å². The van der Waals surface area contributed by atoms with Crippen molar-refractivity contribution in [3.8, 4) is 5.82 Å². The van der Waals surface area contributed by atoms with Gasteiger partial charge in [-0.05, 0) is 56.6 Å². The molecular weight excluding hydrogens is 428 g/mol. The second-order valence-electron chi connectivity index (χ2n) is 9.02. The number of nitrogens with zero attached hydrogens (tertiary/aromatic N) is 8. The fourth-order valence-electron chi connectivity index (χ4n) is 5.21. The van der Waals surface area contributed by atoms with Crippen LogP contribution < -0.4 is 0 Å². The molecule has 3 aliphatic rings. The standard InChI is InChI=1S/C21H26N8O4/c1-13-8-21(20(32)29(13)15-7-18(31)33-11-15)3-5-27(6-4-21)10-16(30)19-14(2)24-17(9-22-19)28-12-23-25-26-28/h7,9,12-13,16,30H,3-6,8,10-11H2,1-2H3/t13-,16?/m0/s1. The van der Waals surface area contributed by atoms with E-state index in [9.17, 15) is 14.7 Å². The van der Waals surface area contributed by atoms with Crippen molar-refractivity contribution in [2.24, 2.45) is 5.41 Å². The lowest BCUT2D eigenvalue weighted by molar-refractivity contribution is -0.139. The highest BCUT2D eigenvalue weighted by Gasteiger charge is 2.52. The molecule has 2 aromatic heterocycles. The molecular formula is C21H26N8O4. The van der Waals surface area contributed by atoms with Gasteiger partial charge in [-0.2, -0.15) is 4.68 Å². The Labute approximate surface area is 190 Å². The molecule has 1 amide bonds. The molecule has 0 aromatic carbocycles. The van der Waals surface area contributed by atoms with Gasteiger partial charge in [-0.25, -0.2) is 9.78 Å². The second kappa shape index (κ2) is 8.27. The molecule has 3 aliphatic heterocycles. The van der Waals surface area contributed by atoms with Gasteiger partial charge in [0.05, 0.1) is 28.7 Å². The molecule has 33 heavy (non-hydrogen) atoms. The zero-order chi connectivity index (χ0) is 23.2. The molecule has 5 heterocycles. The first-order valence-electron chi connectivity index (χ1n) is 11.0. The molecule has 5 rings (SSSR count). The van der Waals surface area contributed by atoms with E-state index >= 15 is 0 Å². The van der Waals surface area contributed by atoms with Crippen LogP contribution in [0.25, 0.3) is 5.82 Å². The summed E-state index contributed by atoms with van der Waals surface area (Å²) < 4.78 is 6.42. The van der Waals surface area contributed by atoms with Gasteiger partial charge in [0.15, 0.2) is 5.82 Å². The zero-order valence-corrected chi connectivity index (χ0v) is 18.6. The second-order valence-corrected chi connectivity index (χ2v) is 9.02. The number of aryl methyl sites for hydroxylation is 1. The maximum Gasteiger partial charge on any atom is 0.333 e. The van der Waals surface area contributed by atoms with E-state index in [0.29, 0.717) is 55.4 Å². The van der Waals surface area contributed by atoms with E-state index in [1.807, 2.05) is 6.92 Å². The van der Waals surface area contributed by atoms with Gasteiger partial charge in [-0.15, -0.1) is 5.10 Å². The molecule has 1 N–H and O–H groups in total. The molecule has 0 bridgehead atoms. The summed E-state index contributed by atoms with van der Waals surface area (Å²) in [7, 11) is 0. The molecule has 0 aliphatic carbocycles. The van der Waals surface area contributed by atoms with Gasteiger partial charge < -0.3 is 19.6 Å². The molecule has 12 heteroatoms. The first-order chi connectivity index (χ1) is 15.9. The first-order valence-corrected chi connectivity index (χ1v) is 11.0. The Morgan fingerprint density at radius 2 is 2.09 bits per heavy atom. The SMILES string of the molecule is Cc1nc(-n2cnnn2)cnc1C(O)CN1CCC2(CC1)C[C@H](C)N(C1=CC(=O)OC1)C2=O. The quantitative estimate of drug-likeness (QED) is 0.611. The third-order valence-electron chi connectivity index (χ3n) is 6.87. The van der Waals surface area contributed by atoms with Crippen molar-refractivity contribution in [3.05, 3.63) is 35.7 Å². The number of aliphatic hydroxyl groups excluding tert-OH is 1. The maximum absolute atomic E-state index is 13.3. The Morgan fingerprint density at radius 1 is 1.30 bits per heavy atom. The van der Waals surface area contributed by atoms with Crippen LogP contribution in [-0.2, 0) is 14.3 Å². The lowest BCUT2D eigenvalue weighted by Crippen LogP contribution is -2.45. The number of aliphatic hydroxyl groups is 1. The summed E-state index contributed by atoms with van der Waals surface area (Å²) in [6, 6.07) is 0.0343. The lowest BCUT2D eigenvalue weighted by Gasteiger charge is -2.38. The van der Waals surface area contributed by atoms with E-state index in [2.05, 4.69) is 30.4 Å². The van der Waals surface area contributed by atoms with Gasteiger partial charge >= 0.3 is 5.97 Å². The Kier molecular flexibility index (Phi) is 5.41. The minimum absolute atomic E-state index is 0.0343. The van der Waals surface area contributed by atoms with Crippen LogP contribution in [0.15, 0.2) is 24.3 Å². The zero-order valence-electron chi connectivity index (χ0n) is 18.6. The fourth-order valence-corrected chi connectivity index (χ4v) is 5.21. The fraction of sp³-hybridized carbons (Fsp3) is 0.571. The number of tetrazole rings is 1. The van der Waals surface area contributed by atoms with Crippen LogP contribution in [0.5, 0.6) is 0 Å². The number of amides is 1. The molecule has 0 saturated carbocycles. The topological polar surface area (TPSA) is 139 Å². The number of cyclic esters (lactones) is 1. The molecule has 2 saturated heterocycles. The van der Waals surface area contributed by atoms with E-state index in [1.165, 1.54) is 23.3 Å². The minimum atomic E-state index is -0.795. The van der Waals surface area contributed by atoms with Gasteiger partial charge in [-0.1, -0.05) is 0 Å². The van der Waals surface area contributed by atoms with Crippen molar-refractivity contribution in [2.45, 2.75) is 45.3 Å². The summed E-state index contributed by atoms with van der Waals surface area (Å²) in [5.74, 6) is 0.176. The molecule has 0 radical (unpaired) electrons. The molecule has 12 nitrogen and oxygen atoms in total. The summed E-state index contributed by atoms with van der Waals surface area (Å²) >= 11 is 0. The number of β-amino-alcohol motifs (C(OH)–C–C–N with tert-alkyl or cyclic N) is 1. The number of carbonyl (C=O) groups is 2. The van der Waals surface area contributed by atoms with Crippen LogP contribution in [0.4, 0.5) is 0 Å². The summed E-state index contributed by atoms with van der Waals surface area (Å²) in [4.78, 5) is 37.5. The smallest absolute Gasteiger partial charge is 0.333 e. The van der Waals surface area contributed by atoms with Gasteiger partial charge in [0.1, 0.15) is 19.0 Å². The molecule has 1 unspecified atom stereocenters. The highest BCUT2D eigenvalue weighted by atomic mass is 16.5. The average Bonchev–Trinajstić information content (AvgIpc) is 3.51. The number of likely N-dealkylation sites (tertiary alicyclic amines) is 2. The molecule has 174 valence electrons. The summed E-state index contributed by atoms with van der Waals surface area (Å²) in [5.41, 5.74) is 1.37. The summed E-state index contributed by atoms with van der Waals surface area (Å²) in [5, 5.41) is 21.8. The predicted molar refractivity (Wildman–Crippen MR) is 113 cm³/mol. The van der Waals surface area contributed by atoms with Crippen LogP contribution in [0.1, 0.15) is 43.7 Å². The van der Waals surface area contributed by atoms with Crippen molar-refractivity contribution in [3.63, 3.8) is 0 Å². The summed E-state index contributed by atoms with van der Waals surface area (Å²) in [6.07, 6.45) is 5.78. The maximum atomic E-state index is 13.3. The van der Waals surface area contributed by atoms with E-state index in [0.717, 1.165) is 6.42 Å². The Morgan fingerprint density at radius 3 is 2.73 bits per heavy atom. The van der Waals surface area contributed by atoms with Crippen molar-refractivity contribution in [2.75, 3.05) is 26.2 Å². The largest absolute Gasteiger partial charge is 0.456 e. The third-order valence-corrected chi connectivity index (χ3v) is 6.87. The molecule has 1 spiro atoms. The van der Waals surface area contributed by atoms with Gasteiger partial charge in [-0.3, -0.25) is 9.78 Å². The van der Waals surface area contributed by atoms with Gasteiger partial charge in [0.2, 0.25) is 5.91 Å². The normalized spacial score (nSPS) is 23.8. The number of esters is 1. The van der Waals surface area contributed by atoms with Gasteiger partial charge in [0.25, 0.3) is 0 Å². The molecule has 2 aromatic rings. The van der Waals surface area contributed by atoms with Crippen molar-refractivity contribution >= 4 is 11.9 Å². The van der Waals surface area contributed by atoms with Gasteiger partial charge in [0, 0.05) is 18.7 Å². The highest BCUT2D eigenvalue weighted by Crippen LogP contribution is 2.46. The number of hydrogen-bond acceptors (Lipinski definition) is 10. The number of hydrogen-bond donors (Lipinski definition) is 1. The Hall–Kier alpha value is -3.25. The number of piperidine rings is 1. The number of aromatic nitrogens is 6. The first kappa shape index (κ1) is 21.6. The monoisotopic (exact) mass is 454 g/mol. The Bertz CT molecular complexity index is 1090. The third kappa shape index (κ3) is 3.89. The van der Waals surface area contributed by atoms with Crippen LogP contribution in [0.2, 0.25) is 0 Å². The average molecular weight is 454 g/mol. The van der Waals surface area contributed by atoms with E-state index in [1.54, 1.807) is 11.8 Å². The molecule has 2 fully saturated rings. The van der Waals surface area contributed by atoms with Crippen molar-refractivity contribution in [1.29, 1.82) is 0 Å². The number of carbonyl (C=O) groups excluding carboxylic acids is 2. The van der Waals surface area contributed by atoms with Crippen molar-refractivity contribution in [1.82, 2.24) is 40.0 Å².